The van der Waals surface area contributed by atoms with E-state index in [4.69, 9.17) is 20.4 Å². The van der Waals surface area contributed by atoms with E-state index < -0.39 is 0 Å². The maximum absolute atomic E-state index is 11.9. The number of carbonyl (C=O) groups excluding carboxylic acids is 1. The van der Waals surface area contributed by atoms with Gasteiger partial charge in [-0.05, 0) is 18.6 Å². The number of methoxy groups -OCH3 is 1. The zero-order chi connectivity index (χ0) is 15.5. The maximum Gasteiger partial charge on any atom is 0.251 e. The minimum atomic E-state index is -0.209. The normalized spacial score (nSPS) is 11.4. The van der Waals surface area contributed by atoms with E-state index in [1.165, 1.54) is 0 Å². The molecule has 0 aliphatic carbocycles. The number of oxime groups is 1. The number of ether oxygens (including phenoxy) is 2. The van der Waals surface area contributed by atoms with Crippen LogP contribution in [0.2, 0.25) is 0 Å². The molecule has 4 N–H and O–H groups in total. The molecule has 1 amide bonds. The average Bonchev–Trinajstić information content (AvgIpc) is 2.53. The van der Waals surface area contributed by atoms with E-state index in [0.29, 0.717) is 37.5 Å². The van der Waals surface area contributed by atoms with Gasteiger partial charge in [-0.3, -0.25) is 4.79 Å². The standard InChI is InChI=1S/C14H21N3O4/c1-20-8-9-21-7-3-6-16-14(18)12-5-2-4-11(10-12)13(15)17-19/h2,4-5,10,19H,3,6-9H2,1H3,(H2,15,17)(H,16,18). The van der Waals surface area contributed by atoms with Crippen LogP contribution in [0.15, 0.2) is 29.4 Å². The Balaban J connectivity index is 2.35. The third-order valence-electron chi connectivity index (χ3n) is 2.71. The molecule has 0 aliphatic heterocycles. The minimum Gasteiger partial charge on any atom is -0.409 e. The highest BCUT2D eigenvalue weighted by Crippen LogP contribution is 2.05. The van der Waals surface area contributed by atoms with Crippen LogP contribution in [0, 0.1) is 0 Å². The summed E-state index contributed by atoms with van der Waals surface area (Å²) in [5.74, 6) is -0.240. The van der Waals surface area contributed by atoms with Crippen LogP contribution in [0.25, 0.3) is 0 Å². The summed E-state index contributed by atoms with van der Waals surface area (Å²) in [5.41, 5.74) is 6.44. The molecule has 0 aromatic heterocycles. The van der Waals surface area contributed by atoms with Gasteiger partial charge in [-0.25, -0.2) is 0 Å². The van der Waals surface area contributed by atoms with Crippen LogP contribution >= 0.6 is 0 Å². The molecular formula is C14H21N3O4. The van der Waals surface area contributed by atoms with Gasteiger partial charge in [0.05, 0.1) is 13.2 Å². The van der Waals surface area contributed by atoms with Gasteiger partial charge in [-0.15, -0.1) is 0 Å². The fraction of sp³-hybridized carbons (Fsp3) is 0.429. The van der Waals surface area contributed by atoms with Gasteiger partial charge < -0.3 is 25.7 Å². The Labute approximate surface area is 123 Å². The largest absolute Gasteiger partial charge is 0.409 e. The molecule has 0 bridgehead atoms. The second-order valence-electron chi connectivity index (χ2n) is 4.28. The number of amidine groups is 1. The van der Waals surface area contributed by atoms with Crippen LogP contribution in [-0.4, -0.2) is 50.4 Å². The fourth-order valence-electron chi connectivity index (χ4n) is 1.60. The van der Waals surface area contributed by atoms with Gasteiger partial charge in [-0.1, -0.05) is 17.3 Å². The molecule has 0 spiro atoms. The summed E-state index contributed by atoms with van der Waals surface area (Å²) in [6, 6.07) is 6.57. The van der Waals surface area contributed by atoms with Crippen molar-refractivity contribution in [1.82, 2.24) is 5.32 Å². The highest BCUT2D eigenvalue weighted by Gasteiger charge is 2.07. The van der Waals surface area contributed by atoms with Crippen molar-refractivity contribution in [1.29, 1.82) is 0 Å². The minimum absolute atomic E-state index is 0.0313. The molecule has 0 fully saturated rings. The number of nitrogens with zero attached hydrogens (tertiary/aromatic N) is 1. The second-order valence-corrected chi connectivity index (χ2v) is 4.28. The second kappa shape index (κ2) is 9.73. The van der Waals surface area contributed by atoms with Gasteiger partial charge in [0.1, 0.15) is 0 Å². The molecule has 7 heteroatoms. The van der Waals surface area contributed by atoms with Crippen LogP contribution in [-0.2, 0) is 9.47 Å². The van der Waals surface area contributed by atoms with Crippen molar-refractivity contribution in [3.63, 3.8) is 0 Å². The summed E-state index contributed by atoms with van der Waals surface area (Å²) in [6.45, 7) is 2.19. The molecular weight excluding hydrogens is 274 g/mol. The molecule has 0 radical (unpaired) electrons. The Bertz CT molecular complexity index is 477. The van der Waals surface area contributed by atoms with Crippen molar-refractivity contribution >= 4 is 11.7 Å². The molecule has 1 rings (SSSR count). The summed E-state index contributed by atoms with van der Waals surface area (Å²) >= 11 is 0. The van der Waals surface area contributed by atoms with Gasteiger partial charge in [0.25, 0.3) is 5.91 Å². The first-order valence-electron chi connectivity index (χ1n) is 6.62. The zero-order valence-electron chi connectivity index (χ0n) is 12.0. The number of rotatable bonds is 9. The Morgan fingerprint density at radius 1 is 1.33 bits per heavy atom. The van der Waals surface area contributed by atoms with Crippen LogP contribution in [0.1, 0.15) is 22.3 Å². The van der Waals surface area contributed by atoms with Crippen LogP contribution in [0.4, 0.5) is 0 Å². The molecule has 0 atom stereocenters. The molecule has 1 aromatic rings. The first-order valence-corrected chi connectivity index (χ1v) is 6.62. The number of hydrogen-bond donors (Lipinski definition) is 3. The molecule has 0 unspecified atom stereocenters. The summed E-state index contributed by atoms with van der Waals surface area (Å²) in [6.07, 6.45) is 0.718. The molecule has 0 heterocycles. The van der Waals surface area contributed by atoms with E-state index >= 15 is 0 Å². The molecule has 7 nitrogen and oxygen atoms in total. The predicted octanol–water partition coefficient (Wildman–Crippen LogP) is 0.564. The number of hydrogen-bond acceptors (Lipinski definition) is 5. The first kappa shape index (κ1) is 16.9. The summed E-state index contributed by atoms with van der Waals surface area (Å²) in [5, 5.41) is 14.3. The van der Waals surface area contributed by atoms with Gasteiger partial charge >= 0.3 is 0 Å². The third-order valence-corrected chi connectivity index (χ3v) is 2.71. The van der Waals surface area contributed by atoms with Crippen molar-refractivity contribution in [3.05, 3.63) is 35.4 Å². The lowest BCUT2D eigenvalue weighted by atomic mass is 10.1. The number of nitrogens with two attached hydrogens (primary N) is 1. The lowest BCUT2D eigenvalue weighted by Gasteiger charge is -2.07. The Morgan fingerprint density at radius 3 is 2.81 bits per heavy atom. The number of carbonyl (C=O) groups is 1. The highest BCUT2D eigenvalue weighted by molar-refractivity contribution is 6.01. The highest BCUT2D eigenvalue weighted by atomic mass is 16.5. The van der Waals surface area contributed by atoms with Gasteiger partial charge in [-0.2, -0.15) is 0 Å². The lowest BCUT2D eigenvalue weighted by Crippen LogP contribution is -2.26. The Kier molecular flexibility index (Phi) is 7.85. The molecule has 0 saturated carbocycles. The molecule has 1 aromatic carbocycles. The third kappa shape index (κ3) is 6.24. The number of benzene rings is 1. The van der Waals surface area contributed by atoms with Crippen molar-refractivity contribution < 1.29 is 19.5 Å². The summed E-state index contributed by atoms with van der Waals surface area (Å²) in [4.78, 5) is 11.9. The molecule has 21 heavy (non-hydrogen) atoms. The predicted molar refractivity (Wildman–Crippen MR) is 78.6 cm³/mol. The maximum atomic E-state index is 11.9. The molecule has 0 aliphatic rings. The Hall–Kier alpha value is -2.12. The molecule has 116 valence electrons. The van der Waals surface area contributed by atoms with Crippen molar-refractivity contribution in [2.45, 2.75) is 6.42 Å². The van der Waals surface area contributed by atoms with E-state index in [2.05, 4.69) is 10.5 Å². The van der Waals surface area contributed by atoms with E-state index in [0.717, 1.165) is 6.42 Å². The summed E-state index contributed by atoms with van der Waals surface area (Å²) < 4.78 is 10.1. The quantitative estimate of drug-likeness (QED) is 0.203. The fourth-order valence-corrected chi connectivity index (χ4v) is 1.60. The van der Waals surface area contributed by atoms with E-state index in [9.17, 15) is 4.79 Å². The number of amides is 1. The van der Waals surface area contributed by atoms with Gasteiger partial charge in [0.2, 0.25) is 0 Å². The first-order chi connectivity index (χ1) is 10.2. The van der Waals surface area contributed by atoms with Crippen molar-refractivity contribution in [2.75, 3.05) is 33.5 Å². The lowest BCUT2D eigenvalue weighted by molar-refractivity contribution is 0.0688. The molecule has 0 saturated heterocycles. The zero-order valence-corrected chi connectivity index (χ0v) is 12.0. The SMILES string of the molecule is COCCOCCCNC(=O)c1cccc(/C(N)=N/O)c1. The Morgan fingerprint density at radius 2 is 2.10 bits per heavy atom. The van der Waals surface area contributed by atoms with Crippen LogP contribution < -0.4 is 11.1 Å². The summed E-state index contributed by atoms with van der Waals surface area (Å²) in [7, 11) is 1.62. The van der Waals surface area contributed by atoms with Gasteiger partial charge in [0, 0.05) is 31.4 Å². The van der Waals surface area contributed by atoms with Crippen molar-refractivity contribution in [2.24, 2.45) is 10.9 Å². The smallest absolute Gasteiger partial charge is 0.251 e. The monoisotopic (exact) mass is 295 g/mol. The van der Waals surface area contributed by atoms with Gasteiger partial charge in [0.15, 0.2) is 5.84 Å². The van der Waals surface area contributed by atoms with Crippen LogP contribution in [0.3, 0.4) is 0 Å². The average molecular weight is 295 g/mol. The number of nitrogens with one attached hydrogen (secondary N) is 1. The van der Waals surface area contributed by atoms with Crippen LogP contribution in [0.5, 0.6) is 0 Å². The van der Waals surface area contributed by atoms with E-state index in [1.54, 1.807) is 31.4 Å². The topological polar surface area (TPSA) is 106 Å². The van der Waals surface area contributed by atoms with Crippen molar-refractivity contribution in [3.8, 4) is 0 Å². The van der Waals surface area contributed by atoms with E-state index in [1.807, 2.05) is 0 Å². The van der Waals surface area contributed by atoms with E-state index in [-0.39, 0.29) is 11.7 Å².